The fourth-order valence-corrected chi connectivity index (χ4v) is 3.72. The van der Waals surface area contributed by atoms with Gasteiger partial charge >= 0.3 is 0 Å². The van der Waals surface area contributed by atoms with Crippen molar-refractivity contribution in [3.05, 3.63) is 47.8 Å². The van der Waals surface area contributed by atoms with Gasteiger partial charge in [0.05, 0.1) is 58.1 Å². The predicted molar refractivity (Wildman–Crippen MR) is 126 cm³/mol. The van der Waals surface area contributed by atoms with Crippen molar-refractivity contribution in [1.82, 2.24) is 24.8 Å². The van der Waals surface area contributed by atoms with Crippen LogP contribution in [0.1, 0.15) is 36.7 Å². The van der Waals surface area contributed by atoms with Gasteiger partial charge in [0, 0.05) is 26.2 Å². The van der Waals surface area contributed by atoms with E-state index in [2.05, 4.69) is 26.8 Å². The summed E-state index contributed by atoms with van der Waals surface area (Å²) in [5.74, 6) is -0.572. The molecule has 0 bridgehead atoms. The Labute approximate surface area is 201 Å². The van der Waals surface area contributed by atoms with Crippen LogP contribution in [0.4, 0.5) is 10.1 Å². The summed E-state index contributed by atoms with van der Waals surface area (Å²) in [6, 6.07) is 9.03. The fraction of sp³-hybridized carbons (Fsp3) is 0.375. The van der Waals surface area contributed by atoms with Crippen molar-refractivity contribution >= 4 is 23.0 Å². The number of nitriles is 1. The van der Waals surface area contributed by atoms with Crippen LogP contribution in [0, 0.1) is 11.3 Å². The molecule has 1 fully saturated rings. The average molecular weight is 480 g/mol. The van der Waals surface area contributed by atoms with E-state index in [1.165, 1.54) is 33.2 Å². The van der Waals surface area contributed by atoms with Crippen molar-refractivity contribution in [3.63, 3.8) is 0 Å². The summed E-state index contributed by atoms with van der Waals surface area (Å²) in [5.41, 5.74) is 1.43. The van der Waals surface area contributed by atoms with Crippen molar-refractivity contribution in [2.24, 2.45) is 0 Å². The highest BCUT2D eigenvalue weighted by Gasteiger charge is 2.30. The second-order valence-electron chi connectivity index (χ2n) is 9.12. The van der Waals surface area contributed by atoms with Crippen LogP contribution in [0.25, 0.3) is 16.9 Å². The lowest BCUT2D eigenvalue weighted by Crippen LogP contribution is -2.56. The quantitative estimate of drug-likeness (QED) is 0.470. The summed E-state index contributed by atoms with van der Waals surface area (Å²) < 4.78 is 15.8. The van der Waals surface area contributed by atoms with Gasteiger partial charge < -0.3 is 20.6 Å². The number of hydrogen-bond acceptors (Lipinski definition) is 7. The van der Waals surface area contributed by atoms with Crippen LogP contribution >= 0.6 is 0 Å². The Morgan fingerprint density at radius 1 is 1.31 bits per heavy atom. The third-order valence-electron chi connectivity index (χ3n) is 5.94. The molecule has 1 aliphatic heterocycles. The minimum Gasteiger partial charge on any atom is -0.387 e. The van der Waals surface area contributed by atoms with E-state index < -0.39 is 17.7 Å². The predicted octanol–water partition coefficient (Wildman–Crippen LogP) is 1.75. The highest BCUT2D eigenvalue weighted by Crippen LogP contribution is 2.27. The van der Waals surface area contributed by atoms with Gasteiger partial charge in [0.15, 0.2) is 0 Å². The second-order valence-corrected chi connectivity index (χ2v) is 9.12. The van der Waals surface area contributed by atoms with Crippen LogP contribution in [-0.2, 0) is 4.79 Å². The number of carbonyl (C=O) groups is 2. The van der Waals surface area contributed by atoms with E-state index in [1.54, 1.807) is 21.5 Å². The van der Waals surface area contributed by atoms with Crippen molar-refractivity contribution in [3.8, 4) is 17.5 Å². The first kappa shape index (κ1) is 24.1. The van der Waals surface area contributed by atoms with Crippen LogP contribution < -0.4 is 10.6 Å². The van der Waals surface area contributed by atoms with Gasteiger partial charge in [-0.2, -0.15) is 10.4 Å². The number of aliphatic hydroxyl groups is 1. The second kappa shape index (κ2) is 9.31. The molecule has 10 nitrogen and oxygen atoms in total. The Balaban J connectivity index is 1.63. The molecule has 2 amide bonds. The van der Waals surface area contributed by atoms with Gasteiger partial charge in [-0.15, -0.1) is 0 Å². The Morgan fingerprint density at radius 3 is 2.71 bits per heavy atom. The topological polar surface area (TPSA) is 136 Å². The normalized spacial score (nSPS) is 14.8. The van der Waals surface area contributed by atoms with E-state index in [0.717, 1.165) is 0 Å². The molecule has 35 heavy (non-hydrogen) atoms. The van der Waals surface area contributed by atoms with Crippen molar-refractivity contribution < 1.29 is 19.1 Å². The zero-order chi connectivity index (χ0) is 25.3. The van der Waals surface area contributed by atoms with Gasteiger partial charge in [-0.1, -0.05) is 0 Å². The number of fused-ring (bicyclic) bond motifs is 1. The molecule has 0 aliphatic carbocycles. The zero-order valence-corrected chi connectivity index (χ0v) is 19.6. The molecular formula is C24H26FN7O3. The van der Waals surface area contributed by atoms with E-state index in [9.17, 15) is 19.1 Å². The number of aromatic nitrogens is 3. The Morgan fingerprint density at radius 2 is 2.06 bits per heavy atom. The van der Waals surface area contributed by atoms with E-state index >= 15 is 0 Å². The molecule has 1 atom stereocenters. The van der Waals surface area contributed by atoms with Gasteiger partial charge in [0.1, 0.15) is 12.2 Å². The van der Waals surface area contributed by atoms with Crippen LogP contribution in [0.5, 0.6) is 0 Å². The fourth-order valence-electron chi connectivity index (χ4n) is 3.72. The van der Waals surface area contributed by atoms with Crippen LogP contribution in [0.2, 0.25) is 0 Å². The molecule has 4 rings (SSSR count). The SMILES string of the molecule is CC(=O)N1CC(Nc2cc(-c3ccc4cc(C#N)cnn34)ncc2C(=O)NCC(F)C(C)(C)O)C1. The van der Waals surface area contributed by atoms with Gasteiger partial charge in [-0.25, -0.2) is 8.91 Å². The summed E-state index contributed by atoms with van der Waals surface area (Å²) in [4.78, 5) is 30.5. The molecule has 3 aromatic rings. The first-order valence-electron chi connectivity index (χ1n) is 11.1. The van der Waals surface area contributed by atoms with E-state index in [0.29, 0.717) is 41.2 Å². The molecule has 0 saturated carbocycles. The molecule has 182 valence electrons. The van der Waals surface area contributed by atoms with Crippen molar-refractivity contribution in [2.45, 2.75) is 38.6 Å². The Kier molecular flexibility index (Phi) is 6.41. The Hall–Kier alpha value is -4.04. The summed E-state index contributed by atoms with van der Waals surface area (Å²) in [6.07, 6.45) is 1.20. The Bertz CT molecular complexity index is 1320. The molecule has 11 heteroatoms. The molecule has 3 N–H and O–H groups in total. The lowest BCUT2D eigenvalue weighted by Gasteiger charge is -2.39. The van der Waals surface area contributed by atoms with Gasteiger partial charge in [0.25, 0.3) is 5.91 Å². The maximum atomic E-state index is 14.2. The van der Waals surface area contributed by atoms with E-state index in [1.807, 2.05) is 12.1 Å². The average Bonchev–Trinajstić information content (AvgIpc) is 3.21. The molecule has 0 spiro atoms. The smallest absolute Gasteiger partial charge is 0.255 e. The number of anilines is 1. The summed E-state index contributed by atoms with van der Waals surface area (Å²) in [5, 5.41) is 29.0. The third-order valence-corrected chi connectivity index (χ3v) is 5.94. The number of nitrogens with one attached hydrogen (secondary N) is 2. The third kappa shape index (κ3) is 5.07. The molecule has 0 aromatic carbocycles. The molecule has 0 radical (unpaired) electrons. The van der Waals surface area contributed by atoms with Crippen LogP contribution in [0.3, 0.4) is 0 Å². The van der Waals surface area contributed by atoms with E-state index in [4.69, 9.17) is 5.26 Å². The molecule has 1 unspecified atom stereocenters. The first-order valence-corrected chi connectivity index (χ1v) is 11.1. The molecule has 1 saturated heterocycles. The number of alkyl halides is 1. The summed E-state index contributed by atoms with van der Waals surface area (Å²) >= 11 is 0. The summed E-state index contributed by atoms with van der Waals surface area (Å²) in [6.45, 7) is 4.79. The summed E-state index contributed by atoms with van der Waals surface area (Å²) in [7, 11) is 0. The van der Waals surface area contributed by atoms with E-state index in [-0.39, 0.29) is 24.1 Å². The van der Waals surface area contributed by atoms with Gasteiger partial charge in [-0.05, 0) is 38.1 Å². The molecule has 3 aromatic heterocycles. The first-order chi connectivity index (χ1) is 16.6. The monoisotopic (exact) mass is 479 g/mol. The van der Waals surface area contributed by atoms with Crippen LogP contribution in [-0.4, -0.2) is 73.9 Å². The highest BCUT2D eigenvalue weighted by atomic mass is 19.1. The molecule has 1 aliphatic rings. The maximum absolute atomic E-state index is 14.2. The number of pyridine rings is 1. The minimum atomic E-state index is -1.65. The maximum Gasteiger partial charge on any atom is 0.255 e. The molecule has 4 heterocycles. The highest BCUT2D eigenvalue weighted by molar-refractivity contribution is 6.00. The van der Waals surface area contributed by atoms with Gasteiger partial charge in [0.2, 0.25) is 5.91 Å². The number of nitrogens with zero attached hydrogens (tertiary/aromatic N) is 5. The lowest BCUT2D eigenvalue weighted by molar-refractivity contribution is -0.132. The number of carbonyl (C=O) groups excluding carboxylic acids is 2. The minimum absolute atomic E-state index is 0.0282. The largest absolute Gasteiger partial charge is 0.387 e. The van der Waals surface area contributed by atoms with Crippen molar-refractivity contribution in [2.75, 3.05) is 25.0 Å². The lowest BCUT2D eigenvalue weighted by atomic mass is 10.0. The number of rotatable bonds is 7. The number of likely N-dealkylation sites (tertiary alicyclic amines) is 1. The van der Waals surface area contributed by atoms with Gasteiger partial charge in [-0.3, -0.25) is 14.6 Å². The number of amides is 2. The van der Waals surface area contributed by atoms with Crippen molar-refractivity contribution in [1.29, 1.82) is 5.26 Å². The van der Waals surface area contributed by atoms with Crippen LogP contribution in [0.15, 0.2) is 36.7 Å². The number of hydrogen-bond donors (Lipinski definition) is 3. The number of halogens is 1. The standard InChI is InChI=1S/C24H26FN7O3/c1-14(33)31-12-16(13-31)30-19-7-20(21-5-4-17-6-15(8-26)9-29-32(17)21)27-10-18(19)23(34)28-11-22(25)24(2,3)35/h4-7,9-10,16,22,35H,11-13H2,1-3H3,(H,27,30)(H,28,34). The zero-order valence-electron chi connectivity index (χ0n) is 19.6. The molecular weight excluding hydrogens is 453 g/mol.